The number of piperidine rings is 1. The van der Waals surface area contributed by atoms with Crippen LogP contribution in [0.4, 0.5) is 19.7 Å². The number of rotatable bonds is 7. The first-order valence-electron chi connectivity index (χ1n) is 11.3. The van der Waals surface area contributed by atoms with Crippen LogP contribution in [-0.2, 0) is 10.0 Å². The molecule has 0 spiro atoms. The Kier molecular flexibility index (Phi) is 6.75. The fraction of sp³-hybridized carbons (Fsp3) is 0.208. The molecule has 0 radical (unpaired) electrons. The first-order valence-corrected chi connectivity index (χ1v) is 13.6. The van der Waals surface area contributed by atoms with E-state index >= 15 is 0 Å². The number of aromatic amines is 1. The Balaban J connectivity index is 1.23. The number of nitrogen functional groups attached to an aromatic ring is 1. The lowest BCUT2D eigenvalue weighted by Gasteiger charge is -2.31. The summed E-state index contributed by atoms with van der Waals surface area (Å²) < 4.78 is 55.8. The summed E-state index contributed by atoms with van der Waals surface area (Å²) in [6.07, 6.45) is 4.21. The lowest BCUT2D eigenvalue weighted by molar-refractivity contribution is 0.103. The Labute approximate surface area is 215 Å². The van der Waals surface area contributed by atoms with E-state index in [1.807, 2.05) is 0 Å². The number of nitrogens with zero attached hydrogens (tertiary/aromatic N) is 3. The van der Waals surface area contributed by atoms with Gasteiger partial charge in [-0.1, -0.05) is 29.5 Å². The third kappa shape index (κ3) is 4.97. The van der Waals surface area contributed by atoms with Crippen LogP contribution in [0, 0.1) is 11.6 Å². The number of aromatic nitrogens is 3. The SMILES string of the molecule is Nc1nc(NC2CCN(S(=O)(=O)c3ccc(-c4cnc[nH]4)cc3)CC2)sc1C(=O)c1c(F)cccc1F. The number of carbonyl (C=O) groups is 1. The van der Waals surface area contributed by atoms with Crippen molar-refractivity contribution >= 4 is 38.1 Å². The molecule has 5 rings (SSSR count). The monoisotopic (exact) mass is 544 g/mol. The Morgan fingerprint density at radius 3 is 2.41 bits per heavy atom. The summed E-state index contributed by atoms with van der Waals surface area (Å²) in [5.41, 5.74) is 6.82. The second-order valence-electron chi connectivity index (χ2n) is 8.47. The molecular weight excluding hydrogens is 522 g/mol. The minimum absolute atomic E-state index is 0.0647. The molecule has 0 saturated carbocycles. The third-order valence-corrected chi connectivity index (χ3v) is 9.05. The number of H-pyrrole nitrogens is 1. The number of benzene rings is 2. The molecule has 2 aromatic heterocycles. The number of nitrogens with two attached hydrogens (primary N) is 1. The molecule has 1 fully saturated rings. The molecule has 4 aromatic rings. The van der Waals surface area contributed by atoms with E-state index in [-0.39, 0.29) is 34.7 Å². The van der Waals surface area contributed by atoms with Crippen molar-refractivity contribution in [3.05, 3.63) is 77.1 Å². The number of imidazole rings is 1. The van der Waals surface area contributed by atoms with Gasteiger partial charge in [0, 0.05) is 19.1 Å². The van der Waals surface area contributed by atoms with Crippen LogP contribution in [0.15, 0.2) is 59.9 Å². The maximum absolute atomic E-state index is 14.0. The van der Waals surface area contributed by atoms with Gasteiger partial charge in [0.05, 0.1) is 28.7 Å². The molecule has 0 aliphatic carbocycles. The number of thiazole rings is 1. The van der Waals surface area contributed by atoms with E-state index in [1.54, 1.807) is 36.8 Å². The highest BCUT2D eigenvalue weighted by Gasteiger charge is 2.30. The predicted molar refractivity (Wildman–Crippen MR) is 136 cm³/mol. The Morgan fingerprint density at radius 2 is 1.78 bits per heavy atom. The van der Waals surface area contributed by atoms with Gasteiger partial charge in [0.1, 0.15) is 22.3 Å². The summed E-state index contributed by atoms with van der Waals surface area (Å²) in [6, 6.07) is 9.67. The molecule has 13 heteroatoms. The lowest BCUT2D eigenvalue weighted by Crippen LogP contribution is -2.42. The average molecular weight is 545 g/mol. The van der Waals surface area contributed by atoms with E-state index in [1.165, 1.54) is 10.4 Å². The van der Waals surface area contributed by atoms with E-state index in [9.17, 15) is 22.0 Å². The lowest BCUT2D eigenvalue weighted by atomic mass is 10.1. The molecule has 1 aliphatic heterocycles. The molecule has 1 aliphatic rings. The molecule has 4 N–H and O–H groups in total. The van der Waals surface area contributed by atoms with Crippen molar-refractivity contribution in [2.75, 3.05) is 24.1 Å². The van der Waals surface area contributed by atoms with Gasteiger partial charge in [-0.3, -0.25) is 4.79 Å². The zero-order valence-electron chi connectivity index (χ0n) is 19.3. The summed E-state index contributed by atoms with van der Waals surface area (Å²) >= 11 is 0.908. The average Bonchev–Trinajstić information content (AvgIpc) is 3.54. The molecule has 0 amide bonds. The highest BCUT2D eigenvalue weighted by Crippen LogP contribution is 2.31. The van der Waals surface area contributed by atoms with Crippen LogP contribution in [0.25, 0.3) is 11.3 Å². The minimum Gasteiger partial charge on any atom is -0.382 e. The van der Waals surface area contributed by atoms with Crippen molar-refractivity contribution in [1.82, 2.24) is 19.3 Å². The fourth-order valence-electron chi connectivity index (χ4n) is 4.17. The van der Waals surface area contributed by atoms with Crippen LogP contribution in [0.5, 0.6) is 0 Å². The zero-order valence-corrected chi connectivity index (χ0v) is 21.0. The molecule has 0 atom stereocenters. The van der Waals surface area contributed by atoms with E-state index in [2.05, 4.69) is 20.3 Å². The number of halogens is 2. The number of sulfonamides is 1. The van der Waals surface area contributed by atoms with Gasteiger partial charge in [-0.05, 0) is 42.7 Å². The van der Waals surface area contributed by atoms with Gasteiger partial charge >= 0.3 is 0 Å². The highest BCUT2D eigenvalue weighted by atomic mass is 32.2. The van der Waals surface area contributed by atoms with Crippen LogP contribution in [0.1, 0.15) is 28.1 Å². The van der Waals surface area contributed by atoms with Gasteiger partial charge in [-0.2, -0.15) is 4.31 Å². The van der Waals surface area contributed by atoms with Crippen LogP contribution < -0.4 is 11.1 Å². The summed E-state index contributed by atoms with van der Waals surface area (Å²) in [7, 11) is -3.67. The second kappa shape index (κ2) is 10.00. The summed E-state index contributed by atoms with van der Waals surface area (Å²) in [4.78, 5) is 23.9. The Hall–Kier alpha value is -3.68. The number of ketones is 1. The van der Waals surface area contributed by atoms with Crippen molar-refractivity contribution in [3.63, 3.8) is 0 Å². The predicted octanol–water partition coefficient (Wildman–Crippen LogP) is 3.89. The van der Waals surface area contributed by atoms with Crippen molar-refractivity contribution in [1.29, 1.82) is 0 Å². The van der Waals surface area contributed by atoms with Crippen LogP contribution in [0.2, 0.25) is 0 Å². The van der Waals surface area contributed by atoms with Crippen LogP contribution >= 0.6 is 11.3 Å². The normalized spacial score (nSPS) is 15.1. The minimum atomic E-state index is -3.67. The molecule has 192 valence electrons. The topological polar surface area (TPSA) is 134 Å². The Bertz CT molecular complexity index is 1510. The Morgan fingerprint density at radius 1 is 1.11 bits per heavy atom. The molecule has 3 heterocycles. The van der Waals surface area contributed by atoms with Crippen LogP contribution in [-0.4, -0.2) is 52.6 Å². The maximum Gasteiger partial charge on any atom is 0.243 e. The maximum atomic E-state index is 14.0. The van der Waals surface area contributed by atoms with Crippen molar-refractivity contribution in [3.8, 4) is 11.3 Å². The van der Waals surface area contributed by atoms with E-state index < -0.39 is 33.0 Å². The number of carbonyl (C=O) groups excluding carboxylic acids is 1. The molecular formula is C24H22F2N6O3S2. The number of nitrogens with one attached hydrogen (secondary N) is 2. The van der Waals surface area contributed by atoms with E-state index in [4.69, 9.17) is 5.73 Å². The molecule has 37 heavy (non-hydrogen) atoms. The van der Waals surface area contributed by atoms with Gasteiger partial charge in [0.15, 0.2) is 5.13 Å². The first kappa shape index (κ1) is 25.0. The third-order valence-electron chi connectivity index (χ3n) is 6.13. The van der Waals surface area contributed by atoms with Gasteiger partial charge in [0.2, 0.25) is 15.8 Å². The van der Waals surface area contributed by atoms with Gasteiger partial charge in [-0.25, -0.2) is 27.2 Å². The second-order valence-corrected chi connectivity index (χ2v) is 11.4. The number of anilines is 2. The largest absolute Gasteiger partial charge is 0.382 e. The quantitative estimate of drug-likeness (QED) is 0.301. The van der Waals surface area contributed by atoms with E-state index in [0.29, 0.717) is 18.0 Å². The smallest absolute Gasteiger partial charge is 0.243 e. The standard InChI is InChI=1S/C24H22F2N6O3S2/c25-17-2-1-3-18(26)20(17)21(33)22-23(27)31-24(36-22)30-15-8-10-32(11-9-15)37(34,35)16-6-4-14(5-7-16)19-12-28-13-29-19/h1-7,12-13,15H,8-11,27H2,(H,28,29)(H,30,31). The zero-order chi connectivity index (χ0) is 26.2. The van der Waals surface area contributed by atoms with Crippen molar-refractivity contribution in [2.45, 2.75) is 23.8 Å². The van der Waals surface area contributed by atoms with E-state index in [0.717, 1.165) is 34.7 Å². The first-order chi connectivity index (χ1) is 17.7. The summed E-state index contributed by atoms with van der Waals surface area (Å²) in [5.74, 6) is -2.95. The molecule has 0 bridgehead atoms. The van der Waals surface area contributed by atoms with Gasteiger partial charge < -0.3 is 16.0 Å². The molecule has 0 unspecified atom stereocenters. The fourth-order valence-corrected chi connectivity index (χ4v) is 6.55. The summed E-state index contributed by atoms with van der Waals surface area (Å²) in [6.45, 7) is 0.574. The summed E-state index contributed by atoms with van der Waals surface area (Å²) in [5, 5.41) is 3.50. The highest BCUT2D eigenvalue weighted by molar-refractivity contribution is 7.89. The van der Waals surface area contributed by atoms with Gasteiger partial charge in [0.25, 0.3) is 0 Å². The van der Waals surface area contributed by atoms with Crippen LogP contribution in [0.3, 0.4) is 0 Å². The number of hydrogen-bond acceptors (Lipinski definition) is 8. The molecule has 9 nitrogen and oxygen atoms in total. The van der Waals surface area contributed by atoms with Gasteiger partial charge in [-0.15, -0.1) is 0 Å². The van der Waals surface area contributed by atoms with Crippen molar-refractivity contribution in [2.24, 2.45) is 0 Å². The molecule has 2 aromatic carbocycles. The number of hydrogen-bond donors (Lipinski definition) is 3. The van der Waals surface area contributed by atoms with Crippen molar-refractivity contribution < 1.29 is 22.0 Å². The molecule has 1 saturated heterocycles.